The van der Waals surface area contributed by atoms with E-state index in [4.69, 9.17) is 0 Å². The highest BCUT2D eigenvalue weighted by atomic mass is 15.0. The highest BCUT2D eigenvalue weighted by Gasteiger charge is 2.20. The Morgan fingerprint density at radius 1 is 1.22 bits per heavy atom. The van der Waals surface area contributed by atoms with E-state index in [0.29, 0.717) is 6.04 Å². The van der Waals surface area contributed by atoms with Crippen molar-refractivity contribution in [2.75, 3.05) is 7.05 Å². The van der Waals surface area contributed by atoms with Crippen LogP contribution >= 0.6 is 0 Å². The van der Waals surface area contributed by atoms with Crippen LogP contribution in [0.25, 0.3) is 0 Å². The zero-order chi connectivity index (χ0) is 12.8. The fraction of sp³-hybridized carbons (Fsp3) is 0.750. The van der Waals surface area contributed by atoms with Gasteiger partial charge in [-0.1, -0.05) is 32.6 Å². The van der Waals surface area contributed by atoms with Gasteiger partial charge in [-0.05, 0) is 43.9 Å². The minimum absolute atomic E-state index is 0.593. The third kappa shape index (κ3) is 3.38. The van der Waals surface area contributed by atoms with Gasteiger partial charge in [0.15, 0.2) is 0 Å². The van der Waals surface area contributed by atoms with Crippen LogP contribution in [0.2, 0.25) is 0 Å². The van der Waals surface area contributed by atoms with Gasteiger partial charge < -0.3 is 9.88 Å². The number of hydrogen-bond acceptors (Lipinski definition) is 1. The molecule has 0 amide bonds. The van der Waals surface area contributed by atoms with Crippen molar-refractivity contribution in [2.24, 2.45) is 0 Å². The molecule has 1 unspecified atom stereocenters. The van der Waals surface area contributed by atoms with Crippen LogP contribution in [-0.2, 0) is 13.0 Å². The van der Waals surface area contributed by atoms with E-state index in [2.05, 4.69) is 36.2 Å². The van der Waals surface area contributed by atoms with Gasteiger partial charge in [0.25, 0.3) is 0 Å². The van der Waals surface area contributed by atoms with Crippen molar-refractivity contribution >= 4 is 0 Å². The zero-order valence-corrected chi connectivity index (χ0v) is 12.0. The second-order valence-electron chi connectivity index (χ2n) is 5.62. The quantitative estimate of drug-likeness (QED) is 0.720. The van der Waals surface area contributed by atoms with Gasteiger partial charge in [-0.3, -0.25) is 0 Å². The van der Waals surface area contributed by atoms with E-state index >= 15 is 0 Å². The predicted molar refractivity (Wildman–Crippen MR) is 77.9 cm³/mol. The fourth-order valence-electron chi connectivity index (χ4n) is 3.08. The first-order valence-electron chi connectivity index (χ1n) is 7.71. The molecule has 1 aliphatic rings. The van der Waals surface area contributed by atoms with Crippen molar-refractivity contribution < 1.29 is 0 Å². The molecule has 0 fully saturated rings. The standard InChI is InChI=1S/C16H28N2/c1-3-4-5-6-7-11-18-12-14-9-8-10-16(17-2)15(14)13-18/h12-13,16-17H,3-11H2,1-2H3. The third-order valence-electron chi connectivity index (χ3n) is 4.18. The average molecular weight is 248 g/mol. The summed E-state index contributed by atoms with van der Waals surface area (Å²) in [7, 11) is 2.09. The maximum absolute atomic E-state index is 3.44. The Labute approximate surface area is 112 Å². The van der Waals surface area contributed by atoms with Gasteiger partial charge in [0.2, 0.25) is 0 Å². The van der Waals surface area contributed by atoms with Crippen molar-refractivity contribution in [1.82, 2.24) is 9.88 Å². The van der Waals surface area contributed by atoms with Gasteiger partial charge in [0.1, 0.15) is 0 Å². The molecule has 1 aromatic heterocycles. The van der Waals surface area contributed by atoms with Crippen LogP contribution in [0.4, 0.5) is 0 Å². The van der Waals surface area contributed by atoms with E-state index in [-0.39, 0.29) is 0 Å². The topological polar surface area (TPSA) is 17.0 Å². The summed E-state index contributed by atoms with van der Waals surface area (Å²) < 4.78 is 2.42. The summed E-state index contributed by atoms with van der Waals surface area (Å²) in [6.45, 7) is 3.48. The van der Waals surface area contributed by atoms with E-state index in [1.54, 1.807) is 11.1 Å². The van der Waals surface area contributed by atoms with Crippen molar-refractivity contribution in [2.45, 2.75) is 70.9 Å². The maximum atomic E-state index is 3.44. The molecule has 1 atom stereocenters. The van der Waals surface area contributed by atoms with Crippen LogP contribution < -0.4 is 5.32 Å². The summed E-state index contributed by atoms with van der Waals surface area (Å²) in [6, 6.07) is 0.593. The fourth-order valence-corrected chi connectivity index (χ4v) is 3.08. The van der Waals surface area contributed by atoms with Gasteiger partial charge in [0, 0.05) is 25.0 Å². The van der Waals surface area contributed by atoms with E-state index in [0.717, 1.165) is 0 Å². The Morgan fingerprint density at radius 3 is 2.83 bits per heavy atom. The van der Waals surface area contributed by atoms with Crippen molar-refractivity contribution in [3.05, 3.63) is 23.5 Å². The zero-order valence-electron chi connectivity index (χ0n) is 12.0. The molecule has 1 heterocycles. The summed E-state index contributed by atoms with van der Waals surface area (Å²) in [6.07, 6.45) is 15.5. The number of nitrogens with zero attached hydrogens (tertiary/aromatic N) is 1. The maximum Gasteiger partial charge on any atom is 0.0335 e. The van der Waals surface area contributed by atoms with Crippen molar-refractivity contribution in [3.63, 3.8) is 0 Å². The summed E-state index contributed by atoms with van der Waals surface area (Å²) in [5.74, 6) is 0. The molecule has 0 aromatic carbocycles. The molecule has 0 aliphatic heterocycles. The molecule has 0 radical (unpaired) electrons. The molecular formula is C16H28N2. The lowest BCUT2D eigenvalue weighted by atomic mass is 9.91. The molecule has 2 heteroatoms. The number of rotatable bonds is 7. The Bertz CT molecular complexity index is 354. The number of nitrogens with one attached hydrogen (secondary N) is 1. The molecule has 2 nitrogen and oxygen atoms in total. The number of unbranched alkanes of at least 4 members (excludes halogenated alkanes) is 4. The predicted octanol–water partition coefficient (Wildman–Crippen LogP) is 4.06. The SMILES string of the molecule is CCCCCCCn1cc2c(c1)C(NC)CCC2. The lowest BCUT2D eigenvalue weighted by Crippen LogP contribution is -2.20. The van der Waals surface area contributed by atoms with Crippen molar-refractivity contribution in [1.29, 1.82) is 0 Å². The van der Waals surface area contributed by atoms with Crippen LogP contribution in [0.1, 0.15) is 69.0 Å². The Morgan fingerprint density at radius 2 is 2.06 bits per heavy atom. The Kier molecular flexibility index (Phi) is 5.30. The molecule has 2 rings (SSSR count). The van der Waals surface area contributed by atoms with Gasteiger partial charge in [-0.15, -0.1) is 0 Å². The highest BCUT2D eigenvalue weighted by Crippen LogP contribution is 2.30. The number of aryl methyl sites for hydroxylation is 2. The van der Waals surface area contributed by atoms with E-state index in [9.17, 15) is 0 Å². The van der Waals surface area contributed by atoms with Gasteiger partial charge >= 0.3 is 0 Å². The lowest BCUT2D eigenvalue weighted by molar-refractivity contribution is 0.498. The molecule has 1 N–H and O–H groups in total. The average Bonchev–Trinajstić information content (AvgIpc) is 2.81. The molecule has 0 saturated carbocycles. The number of hydrogen-bond donors (Lipinski definition) is 1. The van der Waals surface area contributed by atoms with Crippen LogP contribution in [0, 0.1) is 0 Å². The van der Waals surface area contributed by atoms with E-state index < -0.39 is 0 Å². The summed E-state index contributed by atoms with van der Waals surface area (Å²) >= 11 is 0. The van der Waals surface area contributed by atoms with E-state index in [1.807, 2.05) is 0 Å². The smallest absolute Gasteiger partial charge is 0.0335 e. The minimum atomic E-state index is 0.593. The molecule has 18 heavy (non-hydrogen) atoms. The third-order valence-corrected chi connectivity index (χ3v) is 4.18. The highest BCUT2D eigenvalue weighted by molar-refractivity contribution is 5.30. The normalized spacial score (nSPS) is 18.9. The first kappa shape index (κ1) is 13.7. The molecule has 0 spiro atoms. The monoisotopic (exact) mass is 248 g/mol. The molecule has 1 aromatic rings. The summed E-state index contributed by atoms with van der Waals surface area (Å²) in [4.78, 5) is 0. The Balaban J connectivity index is 1.85. The molecule has 1 aliphatic carbocycles. The minimum Gasteiger partial charge on any atom is -0.354 e. The number of fused-ring (bicyclic) bond motifs is 1. The second-order valence-corrected chi connectivity index (χ2v) is 5.62. The largest absolute Gasteiger partial charge is 0.354 e. The van der Waals surface area contributed by atoms with E-state index in [1.165, 1.54) is 57.9 Å². The van der Waals surface area contributed by atoms with Crippen LogP contribution in [0.15, 0.2) is 12.4 Å². The van der Waals surface area contributed by atoms with Gasteiger partial charge in [-0.25, -0.2) is 0 Å². The first-order valence-corrected chi connectivity index (χ1v) is 7.71. The molecule has 102 valence electrons. The van der Waals surface area contributed by atoms with Crippen molar-refractivity contribution in [3.8, 4) is 0 Å². The van der Waals surface area contributed by atoms with Gasteiger partial charge in [-0.2, -0.15) is 0 Å². The molecular weight excluding hydrogens is 220 g/mol. The summed E-state index contributed by atoms with van der Waals surface area (Å²) in [5, 5.41) is 3.44. The first-order chi connectivity index (χ1) is 8.85. The summed E-state index contributed by atoms with van der Waals surface area (Å²) in [5.41, 5.74) is 3.13. The molecule has 0 bridgehead atoms. The Hall–Kier alpha value is -0.760. The second kappa shape index (κ2) is 6.98. The van der Waals surface area contributed by atoms with Crippen LogP contribution in [-0.4, -0.2) is 11.6 Å². The lowest BCUT2D eigenvalue weighted by Gasteiger charge is -2.21. The molecule has 0 saturated heterocycles. The van der Waals surface area contributed by atoms with Crippen LogP contribution in [0.5, 0.6) is 0 Å². The van der Waals surface area contributed by atoms with Gasteiger partial charge in [0.05, 0.1) is 0 Å². The number of aromatic nitrogens is 1. The van der Waals surface area contributed by atoms with Crippen LogP contribution in [0.3, 0.4) is 0 Å².